The lowest BCUT2D eigenvalue weighted by molar-refractivity contribution is 0.691. The van der Waals surface area contributed by atoms with Gasteiger partial charge in [-0.3, -0.25) is 4.98 Å². The van der Waals surface area contributed by atoms with Crippen LogP contribution in [0.4, 0.5) is 5.82 Å². The molecule has 0 spiro atoms. The monoisotopic (exact) mass is 444 g/mol. The largest absolute Gasteiger partial charge is 0.383 e. The zero-order chi connectivity index (χ0) is 14.1. The van der Waals surface area contributed by atoms with E-state index in [1.165, 1.54) is 25.7 Å². The Bertz CT molecular complexity index is 624. The van der Waals surface area contributed by atoms with E-state index in [1.54, 1.807) is 6.20 Å². The Balaban J connectivity index is 2.05. The molecule has 2 aromatic heterocycles. The Morgan fingerprint density at radius 1 is 1.20 bits per heavy atom. The van der Waals surface area contributed by atoms with Crippen LogP contribution in [0.25, 0.3) is 11.5 Å². The van der Waals surface area contributed by atoms with Crippen molar-refractivity contribution in [1.29, 1.82) is 0 Å². The van der Waals surface area contributed by atoms with Gasteiger partial charge in [-0.1, -0.05) is 12.8 Å². The SMILES string of the molecule is Nc1nc(-c2ccc(Br)cn2)nc(C2CCCC2)c1I. The molecule has 1 fully saturated rings. The minimum atomic E-state index is 0.515. The van der Waals surface area contributed by atoms with Crippen molar-refractivity contribution >= 4 is 44.3 Å². The van der Waals surface area contributed by atoms with Crippen LogP contribution in [0.15, 0.2) is 22.8 Å². The van der Waals surface area contributed by atoms with E-state index < -0.39 is 0 Å². The van der Waals surface area contributed by atoms with Gasteiger partial charge in [0.2, 0.25) is 0 Å². The van der Waals surface area contributed by atoms with Gasteiger partial charge in [0.05, 0.1) is 9.26 Å². The van der Waals surface area contributed by atoms with Gasteiger partial charge in [-0.05, 0) is 63.5 Å². The predicted octanol–water partition coefficient (Wildman–Crippen LogP) is 4.15. The van der Waals surface area contributed by atoms with Crippen molar-refractivity contribution in [2.45, 2.75) is 31.6 Å². The fourth-order valence-electron chi connectivity index (χ4n) is 2.57. The summed E-state index contributed by atoms with van der Waals surface area (Å²) in [6.07, 6.45) is 6.69. The van der Waals surface area contributed by atoms with Crippen LogP contribution < -0.4 is 5.73 Å². The molecule has 20 heavy (non-hydrogen) atoms. The second kappa shape index (κ2) is 5.93. The number of hydrogen-bond donors (Lipinski definition) is 1. The lowest BCUT2D eigenvalue weighted by Gasteiger charge is -2.13. The van der Waals surface area contributed by atoms with Crippen molar-refractivity contribution < 1.29 is 0 Å². The van der Waals surface area contributed by atoms with Crippen LogP contribution in [0, 0.1) is 3.57 Å². The standard InChI is InChI=1S/C14H14BrIN4/c15-9-5-6-10(18-7-9)14-19-12(8-3-1-2-4-8)11(16)13(17)20-14/h5-8H,1-4H2,(H2,17,19,20). The van der Waals surface area contributed by atoms with Gasteiger partial charge in [0.25, 0.3) is 0 Å². The van der Waals surface area contributed by atoms with Crippen LogP contribution in [-0.4, -0.2) is 15.0 Å². The minimum absolute atomic E-state index is 0.515. The molecule has 1 aliphatic rings. The lowest BCUT2D eigenvalue weighted by atomic mass is 10.0. The lowest BCUT2D eigenvalue weighted by Crippen LogP contribution is -2.08. The molecule has 0 bridgehead atoms. The Morgan fingerprint density at radius 3 is 2.60 bits per heavy atom. The van der Waals surface area contributed by atoms with E-state index in [0.29, 0.717) is 17.6 Å². The molecule has 1 aliphatic carbocycles. The van der Waals surface area contributed by atoms with E-state index in [2.05, 4.69) is 48.5 Å². The predicted molar refractivity (Wildman–Crippen MR) is 91.3 cm³/mol. The Morgan fingerprint density at radius 2 is 1.95 bits per heavy atom. The van der Waals surface area contributed by atoms with Gasteiger partial charge >= 0.3 is 0 Å². The fourth-order valence-corrected chi connectivity index (χ4v) is 3.49. The Hall–Kier alpha value is -0.760. The smallest absolute Gasteiger partial charge is 0.180 e. The number of anilines is 1. The number of aromatic nitrogens is 3. The maximum Gasteiger partial charge on any atom is 0.180 e. The van der Waals surface area contributed by atoms with Crippen LogP contribution in [0.5, 0.6) is 0 Å². The van der Waals surface area contributed by atoms with Crippen LogP contribution in [0.2, 0.25) is 0 Å². The number of halogens is 2. The van der Waals surface area contributed by atoms with E-state index in [-0.39, 0.29) is 0 Å². The number of hydrogen-bond acceptors (Lipinski definition) is 4. The third-order valence-electron chi connectivity index (χ3n) is 3.60. The van der Waals surface area contributed by atoms with E-state index >= 15 is 0 Å². The highest BCUT2D eigenvalue weighted by molar-refractivity contribution is 14.1. The van der Waals surface area contributed by atoms with Crippen molar-refractivity contribution in [2.24, 2.45) is 0 Å². The molecular weight excluding hydrogens is 431 g/mol. The zero-order valence-corrected chi connectivity index (χ0v) is 14.6. The van der Waals surface area contributed by atoms with Crippen LogP contribution in [0.3, 0.4) is 0 Å². The maximum atomic E-state index is 6.06. The van der Waals surface area contributed by atoms with Crippen LogP contribution in [0.1, 0.15) is 37.3 Å². The van der Waals surface area contributed by atoms with Crippen molar-refractivity contribution in [1.82, 2.24) is 15.0 Å². The average Bonchev–Trinajstić information content (AvgIpc) is 2.96. The zero-order valence-electron chi connectivity index (χ0n) is 10.8. The first-order chi connectivity index (χ1) is 9.65. The summed E-state index contributed by atoms with van der Waals surface area (Å²) in [5.74, 6) is 1.70. The van der Waals surface area contributed by atoms with Gasteiger partial charge < -0.3 is 5.73 Å². The van der Waals surface area contributed by atoms with Crippen molar-refractivity contribution in [3.63, 3.8) is 0 Å². The van der Waals surface area contributed by atoms with E-state index in [1.807, 2.05) is 12.1 Å². The number of nitrogens with two attached hydrogens (primary N) is 1. The topological polar surface area (TPSA) is 64.7 Å². The van der Waals surface area contributed by atoms with E-state index in [9.17, 15) is 0 Å². The average molecular weight is 445 g/mol. The van der Waals surface area contributed by atoms with Crippen LogP contribution in [-0.2, 0) is 0 Å². The first-order valence-electron chi connectivity index (χ1n) is 6.60. The summed E-state index contributed by atoms with van der Waals surface area (Å²) in [4.78, 5) is 13.5. The highest BCUT2D eigenvalue weighted by Crippen LogP contribution is 2.37. The second-order valence-electron chi connectivity index (χ2n) is 4.97. The van der Waals surface area contributed by atoms with Crippen molar-refractivity contribution in [3.8, 4) is 11.5 Å². The molecule has 4 nitrogen and oxygen atoms in total. The number of nitrogen functional groups attached to an aromatic ring is 1. The molecule has 2 aromatic rings. The van der Waals surface area contributed by atoms with Crippen LogP contribution >= 0.6 is 38.5 Å². The molecule has 1 saturated carbocycles. The molecule has 0 saturated heterocycles. The summed E-state index contributed by atoms with van der Waals surface area (Å²) >= 11 is 5.64. The second-order valence-corrected chi connectivity index (χ2v) is 6.97. The van der Waals surface area contributed by atoms with Crippen molar-refractivity contribution in [2.75, 3.05) is 5.73 Å². The maximum absolute atomic E-state index is 6.06. The molecular formula is C14H14BrIN4. The highest BCUT2D eigenvalue weighted by atomic mass is 127. The van der Waals surface area contributed by atoms with E-state index in [0.717, 1.165) is 19.4 Å². The molecule has 0 amide bonds. The molecule has 2 heterocycles. The van der Waals surface area contributed by atoms with Gasteiger partial charge in [0.1, 0.15) is 11.5 Å². The number of rotatable bonds is 2. The highest BCUT2D eigenvalue weighted by Gasteiger charge is 2.23. The van der Waals surface area contributed by atoms with Gasteiger partial charge in [-0.25, -0.2) is 9.97 Å². The molecule has 0 aromatic carbocycles. The van der Waals surface area contributed by atoms with E-state index in [4.69, 9.17) is 10.7 Å². The molecule has 3 rings (SSSR count). The first kappa shape index (κ1) is 14.2. The normalized spacial score (nSPS) is 15.7. The molecule has 0 aliphatic heterocycles. The minimum Gasteiger partial charge on any atom is -0.383 e. The molecule has 6 heteroatoms. The molecule has 0 radical (unpaired) electrons. The first-order valence-corrected chi connectivity index (χ1v) is 8.47. The summed E-state index contributed by atoms with van der Waals surface area (Å²) in [5.41, 5.74) is 7.91. The number of pyridine rings is 1. The molecule has 0 atom stereocenters. The summed E-state index contributed by atoms with van der Waals surface area (Å²) in [7, 11) is 0. The third-order valence-corrected chi connectivity index (χ3v) is 5.18. The Labute approximate surface area is 139 Å². The third kappa shape index (κ3) is 2.81. The quantitative estimate of drug-likeness (QED) is 0.706. The molecule has 104 valence electrons. The summed E-state index contributed by atoms with van der Waals surface area (Å²) in [6.45, 7) is 0. The Kier molecular flexibility index (Phi) is 4.21. The molecule has 2 N–H and O–H groups in total. The summed E-state index contributed by atoms with van der Waals surface area (Å²) in [5, 5.41) is 0. The van der Waals surface area contributed by atoms with Gasteiger partial charge in [-0.15, -0.1) is 0 Å². The summed E-state index contributed by atoms with van der Waals surface area (Å²) in [6, 6.07) is 3.85. The van der Waals surface area contributed by atoms with Crippen molar-refractivity contribution in [3.05, 3.63) is 32.1 Å². The van der Waals surface area contributed by atoms with Gasteiger partial charge in [0.15, 0.2) is 5.82 Å². The number of nitrogens with zero attached hydrogens (tertiary/aromatic N) is 3. The van der Waals surface area contributed by atoms with Gasteiger partial charge in [0, 0.05) is 16.6 Å². The summed E-state index contributed by atoms with van der Waals surface area (Å²) < 4.78 is 1.94. The molecule has 0 unspecified atom stereocenters. The fraction of sp³-hybridized carbons (Fsp3) is 0.357. The van der Waals surface area contributed by atoms with Gasteiger partial charge in [-0.2, -0.15) is 0 Å².